The number of rotatable bonds is 12. The predicted molar refractivity (Wildman–Crippen MR) is 405 cm³/mol. The van der Waals surface area contributed by atoms with Crippen LogP contribution in [0.15, 0.2) is 110 Å². The first kappa shape index (κ1) is 82.5. The smallest absolute Gasteiger partial charge is 0.143 e. The second kappa shape index (κ2) is 39.9. The summed E-state index contributed by atoms with van der Waals surface area (Å²) in [5, 5.41) is 56.6. The van der Waals surface area contributed by atoms with E-state index in [1.165, 1.54) is 11.4 Å². The third kappa shape index (κ3) is 24.7. The molecule has 12 heterocycles. The van der Waals surface area contributed by atoms with Crippen LogP contribution in [-0.2, 0) is 0 Å². The predicted octanol–water partition coefficient (Wildman–Crippen LogP) is 13.6. The molecule has 0 bridgehead atoms. The van der Waals surface area contributed by atoms with E-state index in [0.717, 1.165) is 95.7 Å². The van der Waals surface area contributed by atoms with Gasteiger partial charge in [0, 0.05) is 85.5 Å². The molecule has 6 fully saturated rings. The molecule has 6 N–H and O–H groups in total. The molecule has 102 heavy (non-hydrogen) atoms. The number of alkyl halides is 4. The molecule has 22 heteroatoms. The van der Waals surface area contributed by atoms with Gasteiger partial charge in [-0.05, 0) is 174 Å². The molecule has 12 rings (SSSR count). The maximum atomic E-state index is 13.4. The summed E-state index contributed by atoms with van der Waals surface area (Å²) in [6.07, 6.45) is 8.28. The van der Waals surface area contributed by atoms with Gasteiger partial charge >= 0.3 is 0 Å². The van der Waals surface area contributed by atoms with Crippen LogP contribution in [0, 0.1) is 0 Å². The Morgan fingerprint density at radius 2 is 0.490 bits per heavy atom. The quantitative estimate of drug-likeness (QED) is 0.0628. The average molecular weight is 1420 g/mol. The van der Waals surface area contributed by atoms with Gasteiger partial charge in [-0.25, -0.2) is 17.6 Å². The Labute approximate surface area is 605 Å². The normalized spacial score (nSPS) is 25.4. The number of hydrogen-bond acceptors (Lipinski definition) is 18. The van der Waals surface area contributed by atoms with Gasteiger partial charge in [0.2, 0.25) is 0 Å². The topological polar surface area (TPSA) is 218 Å². The van der Waals surface area contributed by atoms with Crippen LogP contribution in [0.1, 0.15) is 218 Å². The number of anilines is 6. The highest BCUT2D eigenvalue weighted by atomic mass is 19.1. The minimum atomic E-state index is -1.16. The fraction of sp³-hybridized carbons (Fsp3) is 0.625. The van der Waals surface area contributed by atoms with Crippen LogP contribution in [0.4, 0.5) is 51.7 Å². The third-order valence-corrected chi connectivity index (χ3v) is 20.0. The Bertz CT molecular complexity index is 2960. The van der Waals surface area contributed by atoms with Crippen LogP contribution in [0.5, 0.6) is 0 Å². The standard InChI is InChI=1S/2C14H22N2O.4C13H19FN2O/c2*1-10(2)14-5-4-12(9-15-14)16-7-6-13(17)8-11(16)3;4*1-9(2)12-4-3-10(7-15-12)16-6-5-13(17)11(14)8-16/h2*4-5,9-11,13,17H,6-8H2,1-3H3;4*3-4,7,9,11,13,17H,5-6,8H2,1-2H3/t11-,13?;3*11-,13+;11-,13-;/m01101./s1. The van der Waals surface area contributed by atoms with E-state index >= 15 is 0 Å². The number of aliphatic hydroxyl groups excluding tert-OH is 6. The van der Waals surface area contributed by atoms with Crippen molar-refractivity contribution in [3.8, 4) is 0 Å². The van der Waals surface area contributed by atoms with Crippen LogP contribution in [0.3, 0.4) is 0 Å². The minimum absolute atomic E-state index is 0.135. The average Bonchev–Trinajstić information content (AvgIpc) is 0.865. The van der Waals surface area contributed by atoms with E-state index in [1.54, 1.807) is 24.8 Å². The number of piperidine rings is 6. The Balaban J connectivity index is 0.000000172. The zero-order valence-electron chi connectivity index (χ0n) is 63.1. The van der Waals surface area contributed by atoms with Crippen LogP contribution in [0.2, 0.25) is 0 Å². The lowest BCUT2D eigenvalue weighted by Crippen LogP contribution is -2.44. The molecule has 6 aliphatic rings. The molecule has 12 atom stereocenters. The summed E-state index contributed by atoms with van der Waals surface area (Å²) < 4.78 is 53.6. The van der Waals surface area contributed by atoms with Crippen molar-refractivity contribution >= 4 is 34.1 Å². The highest BCUT2D eigenvalue weighted by Gasteiger charge is 2.32. The van der Waals surface area contributed by atoms with E-state index in [-0.39, 0.29) is 38.4 Å². The van der Waals surface area contributed by atoms with Crippen molar-refractivity contribution in [3.63, 3.8) is 0 Å². The molecule has 0 aliphatic carbocycles. The molecule has 0 aromatic carbocycles. The third-order valence-electron chi connectivity index (χ3n) is 20.0. The number of pyridine rings is 6. The highest BCUT2D eigenvalue weighted by Crippen LogP contribution is 2.31. The van der Waals surface area contributed by atoms with Gasteiger partial charge in [-0.1, -0.05) is 83.1 Å². The molecule has 18 nitrogen and oxygen atoms in total. The number of aromatic nitrogens is 6. The fourth-order valence-corrected chi connectivity index (χ4v) is 13.1. The fourth-order valence-electron chi connectivity index (χ4n) is 13.1. The second-order valence-electron chi connectivity index (χ2n) is 30.3. The molecule has 0 amide bonds. The van der Waals surface area contributed by atoms with Gasteiger partial charge in [-0.15, -0.1) is 0 Å². The summed E-state index contributed by atoms with van der Waals surface area (Å²) in [6, 6.07) is 25.2. The molecule has 564 valence electrons. The van der Waals surface area contributed by atoms with Crippen LogP contribution in [-0.4, -0.2) is 199 Å². The number of nitrogens with zero attached hydrogens (tertiary/aromatic N) is 12. The summed E-state index contributed by atoms with van der Waals surface area (Å²) in [4.78, 5) is 38.9. The highest BCUT2D eigenvalue weighted by molar-refractivity contribution is 5.50. The summed E-state index contributed by atoms with van der Waals surface area (Å²) in [5.41, 5.74) is 12.5. The molecule has 0 spiro atoms. The SMILES string of the molecule is CC(C)c1ccc(N2CCC(O)C(F)C2)cn1.CC(C)c1ccc(N2CCC(O)C[C@@H]2C)cn1.CC(C)c1ccc(N2CC[C@@H](O)[C@@H](F)C2)cn1.CC(C)c1ccc(N2CC[C@@H](O)[C@H](F)C2)cn1.CC(C)c1ccc(N2CC[C@H](O)C[C@H]2C)cn1.CC(C)c1ccc(N2CC[C@H](O)[C@H](F)C2)cn1. The molecule has 0 radical (unpaired) electrons. The van der Waals surface area contributed by atoms with Crippen molar-refractivity contribution in [1.82, 2.24) is 29.9 Å². The Morgan fingerprint density at radius 1 is 0.294 bits per heavy atom. The van der Waals surface area contributed by atoms with Gasteiger partial charge in [0.15, 0.2) is 0 Å². The van der Waals surface area contributed by atoms with E-state index in [9.17, 15) is 48.2 Å². The van der Waals surface area contributed by atoms with Gasteiger partial charge < -0.3 is 60.0 Å². The maximum Gasteiger partial charge on any atom is 0.143 e. The zero-order valence-corrected chi connectivity index (χ0v) is 63.1. The largest absolute Gasteiger partial charge is 0.393 e. The molecule has 6 aliphatic heterocycles. The molecule has 0 saturated carbocycles. The maximum absolute atomic E-state index is 13.4. The molecule has 6 aromatic heterocycles. The molecular formula is C80H120F4N12O6. The summed E-state index contributed by atoms with van der Waals surface area (Å²) in [6.45, 7) is 35.3. The second-order valence-corrected chi connectivity index (χ2v) is 30.3. The van der Waals surface area contributed by atoms with Crippen molar-refractivity contribution in [2.45, 2.75) is 257 Å². The lowest BCUT2D eigenvalue weighted by molar-refractivity contribution is 0.0615. The molecule has 6 aromatic rings. The number of aliphatic hydroxyl groups is 6. The van der Waals surface area contributed by atoms with E-state index in [1.807, 2.05) is 80.5 Å². The van der Waals surface area contributed by atoms with E-state index in [0.29, 0.717) is 99.5 Å². The van der Waals surface area contributed by atoms with Gasteiger partial charge in [0.05, 0.1) is 134 Å². The van der Waals surface area contributed by atoms with E-state index in [4.69, 9.17) is 0 Å². The minimum Gasteiger partial charge on any atom is -0.393 e. The van der Waals surface area contributed by atoms with Gasteiger partial charge in [-0.3, -0.25) is 29.9 Å². The Morgan fingerprint density at radius 3 is 0.647 bits per heavy atom. The Kier molecular flexibility index (Phi) is 32.2. The molecular weight excluding hydrogens is 1300 g/mol. The van der Waals surface area contributed by atoms with Crippen molar-refractivity contribution in [3.05, 3.63) is 144 Å². The van der Waals surface area contributed by atoms with Crippen molar-refractivity contribution in [2.75, 3.05) is 94.8 Å². The summed E-state index contributed by atoms with van der Waals surface area (Å²) in [7, 11) is 0. The first-order valence-electron chi connectivity index (χ1n) is 37.4. The Hall–Kier alpha value is -6.82. The molecule has 6 saturated heterocycles. The first-order chi connectivity index (χ1) is 48.5. The van der Waals surface area contributed by atoms with Crippen LogP contribution >= 0.6 is 0 Å². The van der Waals surface area contributed by atoms with Crippen LogP contribution in [0.25, 0.3) is 0 Å². The van der Waals surface area contributed by atoms with Gasteiger partial charge in [0.1, 0.15) is 24.7 Å². The van der Waals surface area contributed by atoms with Crippen LogP contribution < -0.4 is 29.4 Å². The van der Waals surface area contributed by atoms with E-state index in [2.05, 4.69) is 161 Å². The first-order valence-corrected chi connectivity index (χ1v) is 37.4. The van der Waals surface area contributed by atoms with Crippen molar-refractivity contribution < 1.29 is 48.2 Å². The lowest BCUT2D eigenvalue weighted by atomic mass is 10.00. The monoisotopic (exact) mass is 1420 g/mol. The van der Waals surface area contributed by atoms with E-state index < -0.39 is 49.1 Å². The summed E-state index contributed by atoms with van der Waals surface area (Å²) in [5.74, 6) is 2.57. The number of hydrogen-bond donors (Lipinski definition) is 6. The van der Waals surface area contributed by atoms with Crippen molar-refractivity contribution in [2.24, 2.45) is 0 Å². The van der Waals surface area contributed by atoms with Gasteiger partial charge in [0.25, 0.3) is 0 Å². The lowest BCUT2D eigenvalue weighted by Gasteiger charge is -2.37. The zero-order chi connectivity index (χ0) is 74.5. The van der Waals surface area contributed by atoms with Gasteiger partial charge in [-0.2, -0.15) is 0 Å². The summed E-state index contributed by atoms with van der Waals surface area (Å²) >= 11 is 0. The number of halogens is 4. The van der Waals surface area contributed by atoms with Crippen molar-refractivity contribution in [1.29, 1.82) is 0 Å². The molecule has 3 unspecified atom stereocenters.